The first-order valence-corrected chi connectivity index (χ1v) is 11.9. The maximum atomic E-state index is 2.37. The third-order valence-electron chi connectivity index (χ3n) is 5.07. The number of quaternary nitrogens is 1. The Morgan fingerprint density at radius 1 is 0.667 bits per heavy atom. The highest BCUT2D eigenvalue weighted by Crippen LogP contribution is 2.14. The molecule has 0 aliphatic heterocycles. The SMILES string of the molecule is C[N+](C)(CCCCCCCCCCCCC[SiH3])Cc1ccccc1. The van der Waals surface area contributed by atoms with Gasteiger partial charge < -0.3 is 4.48 Å². The van der Waals surface area contributed by atoms with E-state index in [1.807, 2.05) is 0 Å². The summed E-state index contributed by atoms with van der Waals surface area (Å²) in [4.78, 5) is 0. The standard InChI is InChI=1S/C22H42NSi/c1-23(2,21-22-17-13-12-14-18-22)19-15-10-8-6-4-3-5-7-9-11-16-20-24/h12-14,17-18H,3-11,15-16,19-21H2,1-2,24H3/q+1. The van der Waals surface area contributed by atoms with Gasteiger partial charge in [0.2, 0.25) is 0 Å². The first kappa shape index (κ1) is 21.4. The summed E-state index contributed by atoms with van der Waals surface area (Å²) >= 11 is 0. The van der Waals surface area contributed by atoms with Crippen molar-refractivity contribution in [1.82, 2.24) is 0 Å². The van der Waals surface area contributed by atoms with Crippen LogP contribution < -0.4 is 0 Å². The summed E-state index contributed by atoms with van der Waals surface area (Å²) < 4.78 is 1.12. The Morgan fingerprint density at radius 3 is 1.62 bits per heavy atom. The van der Waals surface area contributed by atoms with E-state index >= 15 is 0 Å². The normalized spacial score (nSPS) is 11.9. The molecule has 0 aliphatic carbocycles. The number of hydrogen-bond donors (Lipinski definition) is 0. The van der Waals surface area contributed by atoms with Crippen molar-refractivity contribution in [3.63, 3.8) is 0 Å². The molecule has 0 saturated heterocycles. The van der Waals surface area contributed by atoms with E-state index in [4.69, 9.17) is 0 Å². The average molecular weight is 349 g/mol. The Kier molecular flexibility index (Phi) is 12.2. The molecule has 0 radical (unpaired) electrons. The summed E-state index contributed by atoms with van der Waals surface area (Å²) in [6.07, 6.45) is 16.0. The number of hydrogen-bond acceptors (Lipinski definition) is 0. The first-order valence-electron chi connectivity index (χ1n) is 10.5. The minimum atomic E-state index is 1.12. The third-order valence-corrected chi connectivity index (χ3v) is 5.78. The van der Waals surface area contributed by atoms with Gasteiger partial charge in [0.15, 0.2) is 0 Å². The lowest BCUT2D eigenvalue weighted by atomic mass is 10.1. The molecule has 0 unspecified atom stereocenters. The van der Waals surface area contributed by atoms with Gasteiger partial charge in [-0.3, -0.25) is 0 Å². The van der Waals surface area contributed by atoms with E-state index in [0.29, 0.717) is 0 Å². The lowest BCUT2D eigenvalue weighted by Gasteiger charge is -2.30. The zero-order valence-corrected chi connectivity index (χ0v) is 18.7. The number of unbranched alkanes of at least 4 members (excludes halogenated alkanes) is 10. The van der Waals surface area contributed by atoms with Crippen LogP contribution in [0.15, 0.2) is 30.3 Å². The Bertz CT molecular complexity index is 388. The van der Waals surface area contributed by atoms with Crippen LogP contribution in [0.1, 0.15) is 76.2 Å². The van der Waals surface area contributed by atoms with Crippen molar-refractivity contribution in [3.05, 3.63) is 35.9 Å². The summed E-state index contributed by atoms with van der Waals surface area (Å²) in [5, 5.41) is 0. The molecule has 1 nitrogen and oxygen atoms in total. The molecule has 138 valence electrons. The summed E-state index contributed by atoms with van der Waals surface area (Å²) in [5.41, 5.74) is 1.46. The molecule has 1 aromatic rings. The molecule has 0 bridgehead atoms. The molecule has 0 atom stereocenters. The molecule has 1 rings (SSSR count). The molecular formula is C22H42NSi+. The maximum Gasteiger partial charge on any atom is 0.104 e. The van der Waals surface area contributed by atoms with Crippen molar-refractivity contribution in [2.75, 3.05) is 20.6 Å². The molecule has 0 heterocycles. The molecule has 24 heavy (non-hydrogen) atoms. The third kappa shape index (κ3) is 11.9. The van der Waals surface area contributed by atoms with E-state index in [1.54, 1.807) is 0 Å². The van der Waals surface area contributed by atoms with Crippen LogP contribution in [0.5, 0.6) is 0 Å². The summed E-state index contributed by atoms with van der Waals surface area (Å²) in [6, 6.07) is 12.4. The number of rotatable bonds is 15. The van der Waals surface area contributed by atoms with Crippen molar-refractivity contribution < 1.29 is 4.48 Å². The van der Waals surface area contributed by atoms with Crippen LogP contribution in [0, 0.1) is 0 Å². The Balaban J connectivity index is 1.92. The van der Waals surface area contributed by atoms with Gasteiger partial charge in [0.1, 0.15) is 6.54 Å². The van der Waals surface area contributed by atoms with Crippen molar-refractivity contribution in [2.45, 2.75) is 83.2 Å². The van der Waals surface area contributed by atoms with Gasteiger partial charge in [-0.1, -0.05) is 94.2 Å². The van der Waals surface area contributed by atoms with Crippen LogP contribution in [-0.4, -0.2) is 35.4 Å². The maximum absolute atomic E-state index is 2.37. The second-order valence-electron chi connectivity index (χ2n) is 8.19. The Morgan fingerprint density at radius 2 is 1.12 bits per heavy atom. The smallest absolute Gasteiger partial charge is 0.104 e. The van der Waals surface area contributed by atoms with Gasteiger partial charge in [-0.25, -0.2) is 0 Å². The number of benzene rings is 1. The zero-order chi connectivity index (χ0) is 17.5. The van der Waals surface area contributed by atoms with E-state index in [2.05, 4.69) is 44.4 Å². The van der Waals surface area contributed by atoms with Crippen LogP contribution in [0.25, 0.3) is 0 Å². The molecule has 0 aromatic heterocycles. The zero-order valence-electron chi connectivity index (χ0n) is 16.7. The molecule has 0 fully saturated rings. The predicted octanol–water partition coefficient (Wildman–Crippen LogP) is 5.34. The van der Waals surface area contributed by atoms with Crippen LogP contribution in [0.3, 0.4) is 0 Å². The van der Waals surface area contributed by atoms with Gasteiger partial charge >= 0.3 is 0 Å². The first-order chi connectivity index (χ1) is 11.6. The van der Waals surface area contributed by atoms with Crippen LogP contribution in [0.2, 0.25) is 6.04 Å². The summed E-state index contributed by atoms with van der Waals surface area (Å²) in [7, 11) is 6.14. The monoisotopic (exact) mass is 348 g/mol. The quantitative estimate of drug-likeness (QED) is 0.228. The van der Waals surface area contributed by atoms with E-state index in [0.717, 1.165) is 11.0 Å². The molecule has 2 heteroatoms. The Hall–Kier alpha value is -0.603. The van der Waals surface area contributed by atoms with Crippen molar-refractivity contribution in [2.24, 2.45) is 0 Å². The van der Waals surface area contributed by atoms with E-state index < -0.39 is 0 Å². The fraction of sp³-hybridized carbons (Fsp3) is 0.727. The summed E-state index contributed by atoms with van der Waals surface area (Å²) in [6.45, 7) is 2.45. The van der Waals surface area contributed by atoms with Crippen molar-refractivity contribution in [3.8, 4) is 0 Å². The minimum absolute atomic E-state index is 1.12. The van der Waals surface area contributed by atoms with Gasteiger partial charge in [0, 0.05) is 15.8 Å². The number of nitrogens with zero attached hydrogens (tertiary/aromatic N) is 1. The molecule has 0 spiro atoms. The largest absolute Gasteiger partial charge is 0.325 e. The van der Waals surface area contributed by atoms with Gasteiger partial charge in [0.05, 0.1) is 20.6 Å². The van der Waals surface area contributed by atoms with Crippen molar-refractivity contribution in [1.29, 1.82) is 0 Å². The topological polar surface area (TPSA) is 0 Å². The summed E-state index contributed by atoms with van der Waals surface area (Å²) in [5.74, 6) is 0. The fourth-order valence-electron chi connectivity index (χ4n) is 3.54. The molecule has 0 saturated carbocycles. The van der Waals surface area contributed by atoms with Crippen molar-refractivity contribution >= 4 is 10.2 Å². The van der Waals surface area contributed by atoms with E-state index in [9.17, 15) is 0 Å². The lowest BCUT2D eigenvalue weighted by molar-refractivity contribution is -0.903. The highest BCUT2D eigenvalue weighted by molar-refractivity contribution is 6.08. The molecule has 0 aliphatic rings. The Labute approximate surface area is 154 Å². The highest BCUT2D eigenvalue weighted by atomic mass is 28.1. The van der Waals surface area contributed by atoms with Gasteiger partial charge in [0.25, 0.3) is 0 Å². The minimum Gasteiger partial charge on any atom is -0.325 e. The van der Waals surface area contributed by atoms with Gasteiger partial charge in [-0.15, -0.1) is 0 Å². The fourth-order valence-corrected chi connectivity index (χ4v) is 4.04. The van der Waals surface area contributed by atoms with Gasteiger partial charge in [-0.2, -0.15) is 0 Å². The molecule has 0 N–H and O–H groups in total. The van der Waals surface area contributed by atoms with Gasteiger partial charge in [-0.05, 0) is 12.8 Å². The second-order valence-corrected chi connectivity index (χ2v) is 9.19. The molecule has 0 amide bonds. The average Bonchev–Trinajstić information content (AvgIpc) is 2.56. The predicted molar refractivity (Wildman–Crippen MR) is 113 cm³/mol. The van der Waals surface area contributed by atoms with Crippen LogP contribution >= 0.6 is 0 Å². The van der Waals surface area contributed by atoms with Crippen LogP contribution in [0.4, 0.5) is 0 Å². The molecular weight excluding hydrogens is 306 g/mol. The second kappa shape index (κ2) is 13.7. The lowest BCUT2D eigenvalue weighted by Crippen LogP contribution is -2.39. The van der Waals surface area contributed by atoms with E-state index in [-0.39, 0.29) is 0 Å². The van der Waals surface area contributed by atoms with Crippen LogP contribution in [-0.2, 0) is 6.54 Å². The van der Waals surface area contributed by atoms with E-state index in [1.165, 1.54) is 99.0 Å². The molecule has 1 aromatic carbocycles. The highest BCUT2D eigenvalue weighted by Gasteiger charge is 2.14.